The van der Waals surface area contributed by atoms with Gasteiger partial charge in [0.2, 0.25) is 6.79 Å². The van der Waals surface area contributed by atoms with Gasteiger partial charge in [0.15, 0.2) is 28.9 Å². The summed E-state index contributed by atoms with van der Waals surface area (Å²) in [5, 5.41) is 2.42. The van der Waals surface area contributed by atoms with E-state index in [2.05, 4.69) is 14.8 Å². The molecule has 13 nitrogen and oxygen atoms in total. The molecule has 0 unspecified atom stereocenters. The van der Waals surface area contributed by atoms with Gasteiger partial charge in [0.05, 0.1) is 12.3 Å². The fourth-order valence-electron chi connectivity index (χ4n) is 3.61. The maximum atomic E-state index is 14.9. The van der Waals surface area contributed by atoms with Gasteiger partial charge in [-0.25, -0.2) is 22.9 Å². The Morgan fingerprint density at radius 1 is 1.05 bits per heavy atom. The second-order valence-corrected chi connectivity index (χ2v) is 9.99. The van der Waals surface area contributed by atoms with E-state index in [0.29, 0.717) is 0 Å². The standard InChI is InChI=1S/C26H22ClF2N4O9P/c1-2-39-19-8-10-33(15-4-5-16(28)21(12-15)40-13-41-43(36,37)38)26(35)22(19)25(34)32-14-3-6-18(17(29)11-14)42-20-7-9-31-24(30)23(20)27/h3-12H,2,13H2,1H3,(H2,30,31)(H,32,34)(H2,36,37,38). The summed E-state index contributed by atoms with van der Waals surface area (Å²) in [7, 11) is -4.88. The summed E-state index contributed by atoms with van der Waals surface area (Å²) in [4.78, 5) is 48.1. The molecule has 4 aromatic rings. The largest absolute Gasteiger partial charge is 0.493 e. The Bertz CT molecular complexity index is 1780. The molecule has 17 heteroatoms. The minimum atomic E-state index is -4.88. The quantitative estimate of drug-likeness (QED) is 0.133. The third-order valence-electron chi connectivity index (χ3n) is 5.50. The summed E-state index contributed by atoms with van der Waals surface area (Å²) in [5.74, 6) is -3.51. The van der Waals surface area contributed by atoms with E-state index in [0.717, 1.165) is 22.8 Å². The Hall–Kier alpha value is -4.53. The van der Waals surface area contributed by atoms with Gasteiger partial charge in [-0.3, -0.25) is 14.2 Å². The van der Waals surface area contributed by atoms with Crippen LogP contribution >= 0.6 is 19.4 Å². The molecular formula is C26H22ClF2N4O9P. The minimum Gasteiger partial charge on any atom is -0.493 e. The number of hydrogen-bond donors (Lipinski definition) is 4. The van der Waals surface area contributed by atoms with E-state index in [1.165, 1.54) is 42.7 Å². The molecule has 2 aromatic carbocycles. The van der Waals surface area contributed by atoms with Gasteiger partial charge >= 0.3 is 7.82 Å². The zero-order valence-corrected chi connectivity index (χ0v) is 23.6. The number of nitrogens with zero attached hydrogens (tertiary/aromatic N) is 2. The number of amides is 1. The van der Waals surface area contributed by atoms with Crippen LogP contribution < -0.4 is 30.8 Å². The first-order valence-electron chi connectivity index (χ1n) is 12.1. The van der Waals surface area contributed by atoms with Gasteiger partial charge in [-0.2, -0.15) is 0 Å². The molecule has 2 aromatic heterocycles. The van der Waals surface area contributed by atoms with Crippen LogP contribution in [0, 0.1) is 11.6 Å². The Morgan fingerprint density at radius 3 is 2.51 bits per heavy atom. The highest BCUT2D eigenvalue weighted by molar-refractivity contribution is 7.46. The van der Waals surface area contributed by atoms with Gasteiger partial charge in [0, 0.05) is 36.3 Å². The molecule has 226 valence electrons. The topological polar surface area (TPSA) is 184 Å². The number of aromatic nitrogens is 2. The maximum absolute atomic E-state index is 14.9. The average molecular weight is 639 g/mol. The number of halogens is 3. The number of anilines is 2. The number of pyridine rings is 2. The van der Waals surface area contributed by atoms with Crippen molar-refractivity contribution in [1.29, 1.82) is 0 Å². The SMILES string of the molecule is CCOc1ccn(-c2ccc(F)c(OCOP(=O)(O)O)c2)c(=O)c1C(=O)Nc1ccc(Oc2ccnc(N)c2Cl)c(F)c1. The normalized spacial score (nSPS) is 11.2. The molecule has 0 fully saturated rings. The first-order valence-corrected chi connectivity index (χ1v) is 14.0. The summed E-state index contributed by atoms with van der Waals surface area (Å²) in [6.45, 7) is 0.744. The summed E-state index contributed by atoms with van der Waals surface area (Å²) >= 11 is 6.04. The lowest BCUT2D eigenvalue weighted by atomic mass is 10.2. The number of phosphoric ester groups is 1. The lowest BCUT2D eigenvalue weighted by Gasteiger charge is -2.15. The van der Waals surface area contributed by atoms with Crippen molar-refractivity contribution < 1.29 is 46.7 Å². The molecular weight excluding hydrogens is 617 g/mol. The summed E-state index contributed by atoms with van der Waals surface area (Å²) < 4.78 is 60.9. The van der Waals surface area contributed by atoms with Crippen LogP contribution in [-0.2, 0) is 9.09 Å². The van der Waals surface area contributed by atoms with E-state index in [-0.39, 0.29) is 46.1 Å². The zero-order chi connectivity index (χ0) is 31.3. The van der Waals surface area contributed by atoms with Gasteiger partial charge in [0.25, 0.3) is 11.5 Å². The van der Waals surface area contributed by atoms with Crippen molar-refractivity contribution >= 4 is 36.8 Å². The predicted octanol–water partition coefficient (Wildman–Crippen LogP) is 4.64. The van der Waals surface area contributed by atoms with Gasteiger partial charge < -0.3 is 35.0 Å². The van der Waals surface area contributed by atoms with E-state index in [4.69, 9.17) is 41.3 Å². The maximum Gasteiger partial charge on any atom is 0.472 e. The number of benzene rings is 2. The van der Waals surface area contributed by atoms with Gasteiger partial charge in [-0.15, -0.1) is 0 Å². The van der Waals surface area contributed by atoms with E-state index in [9.17, 15) is 22.9 Å². The number of nitrogen functional groups attached to an aromatic ring is 1. The highest BCUT2D eigenvalue weighted by atomic mass is 35.5. The Balaban J connectivity index is 1.61. The van der Waals surface area contributed by atoms with Crippen LogP contribution in [0.4, 0.5) is 20.3 Å². The second-order valence-electron chi connectivity index (χ2n) is 8.37. The predicted molar refractivity (Wildman–Crippen MR) is 150 cm³/mol. The van der Waals surface area contributed by atoms with Crippen molar-refractivity contribution in [2.45, 2.75) is 6.92 Å². The van der Waals surface area contributed by atoms with Gasteiger partial charge in [-0.1, -0.05) is 11.6 Å². The Kier molecular flexibility index (Phi) is 9.63. The van der Waals surface area contributed by atoms with Crippen molar-refractivity contribution in [2.24, 2.45) is 0 Å². The van der Waals surface area contributed by atoms with E-state index >= 15 is 0 Å². The number of hydrogen-bond acceptors (Lipinski definition) is 9. The van der Waals surface area contributed by atoms with Crippen molar-refractivity contribution in [2.75, 3.05) is 24.5 Å². The highest BCUT2D eigenvalue weighted by Gasteiger charge is 2.22. The molecule has 1 amide bonds. The van der Waals surface area contributed by atoms with Crippen molar-refractivity contribution in [3.63, 3.8) is 0 Å². The number of nitrogens with two attached hydrogens (primary N) is 1. The molecule has 0 saturated carbocycles. The zero-order valence-electron chi connectivity index (χ0n) is 22.0. The van der Waals surface area contributed by atoms with Crippen molar-refractivity contribution in [3.05, 3.63) is 93.5 Å². The van der Waals surface area contributed by atoms with E-state index in [1.54, 1.807) is 6.92 Å². The smallest absolute Gasteiger partial charge is 0.472 e. The van der Waals surface area contributed by atoms with Gasteiger partial charge in [0.1, 0.15) is 22.2 Å². The average Bonchev–Trinajstić information content (AvgIpc) is 2.93. The molecule has 0 aliphatic heterocycles. The molecule has 0 saturated heterocycles. The van der Waals surface area contributed by atoms with Crippen LogP contribution in [0.25, 0.3) is 5.69 Å². The Morgan fingerprint density at radius 2 is 1.81 bits per heavy atom. The number of carbonyl (C=O) groups excluding carboxylic acids is 1. The molecule has 0 spiro atoms. The molecule has 0 bridgehead atoms. The van der Waals surface area contributed by atoms with Crippen molar-refractivity contribution in [1.82, 2.24) is 9.55 Å². The summed E-state index contributed by atoms with van der Waals surface area (Å²) in [5.41, 5.74) is 4.28. The van der Waals surface area contributed by atoms with Crippen molar-refractivity contribution in [3.8, 4) is 28.7 Å². The van der Waals surface area contributed by atoms with Crippen LogP contribution in [0.5, 0.6) is 23.0 Å². The monoisotopic (exact) mass is 638 g/mol. The number of phosphoric acid groups is 1. The molecule has 0 aliphatic rings. The fraction of sp³-hybridized carbons (Fsp3) is 0.115. The first-order chi connectivity index (χ1) is 20.4. The minimum absolute atomic E-state index is 0.0135. The first kappa shape index (κ1) is 31.4. The van der Waals surface area contributed by atoms with Crippen LogP contribution in [0.15, 0.2) is 65.7 Å². The lowest BCUT2D eigenvalue weighted by molar-refractivity contribution is 0.0798. The lowest BCUT2D eigenvalue weighted by Crippen LogP contribution is -2.29. The van der Waals surface area contributed by atoms with Crippen LogP contribution in [-0.4, -0.2) is 38.6 Å². The van der Waals surface area contributed by atoms with E-state index < -0.39 is 49.0 Å². The molecule has 0 atom stereocenters. The third-order valence-corrected chi connectivity index (χ3v) is 6.32. The van der Waals surface area contributed by atoms with Gasteiger partial charge in [-0.05, 0) is 37.3 Å². The third kappa shape index (κ3) is 7.66. The fourth-order valence-corrected chi connectivity index (χ4v) is 3.95. The molecule has 43 heavy (non-hydrogen) atoms. The second kappa shape index (κ2) is 13.2. The molecule has 0 radical (unpaired) electrons. The van der Waals surface area contributed by atoms with Crippen LogP contribution in [0.2, 0.25) is 5.02 Å². The number of rotatable bonds is 11. The summed E-state index contributed by atoms with van der Waals surface area (Å²) in [6.07, 6.45) is 2.59. The number of ether oxygens (including phenoxy) is 3. The number of nitrogens with one attached hydrogen (secondary N) is 1. The highest BCUT2D eigenvalue weighted by Crippen LogP contribution is 2.36. The molecule has 2 heterocycles. The van der Waals surface area contributed by atoms with E-state index in [1.807, 2.05) is 0 Å². The number of carbonyl (C=O) groups is 1. The Labute approximate surface area is 246 Å². The molecule has 5 N–H and O–H groups in total. The van der Waals surface area contributed by atoms with Crippen LogP contribution in [0.1, 0.15) is 17.3 Å². The summed E-state index contributed by atoms with van der Waals surface area (Å²) in [6, 6.07) is 9.39. The molecule has 4 rings (SSSR count). The molecule has 0 aliphatic carbocycles. The van der Waals surface area contributed by atoms with Crippen LogP contribution in [0.3, 0.4) is 0 Å².